The van der Waals surface area contributed by atoms with E-state index in [0.717, 1.165) is 11.1 Å². The Morgan fingerprint density at radius 2 is 1.73 bits per heavy atom. The van der Waals surface area contributed by atoms with Crippen LogP contribution >= 0.6 is 12.4 Å². The first-order valence-corrected chi connectivity index (χ1v) is 6.43. The van der Waals surface area contributed by atoms with Gasteiger partial charge in [-0.2, -0.15) is 0 Å². The molecule has 2 rings (SSSR count). The number of hydrogen-bond donors (Lipinski definition) is 2. The lowest BCUT2D eigenvalue weighted by atomic mass is 10.0. The van der Waals surface area contributed by atoms with Gasteiger partial charge in [0.15, 0.2) is 0 Å². The van der Waals surface area contributed by atoms with Gasteiger partial charge in [-0.25, -0.2) is 4.79 Å². The van der Waals surface area contributed by atoms with Crippen LogP contribution in [0, 0.1) is 0 Å². The van der Waals surface area contributed by atoms with Crippen LogP contribution in [-0.2, 0) is 9.53 Å². The number of esters is 1. The molecule has 0 spiro atoms. The molecular weight excluding hydrogens is 304 g/mol. The van der Waals surface area contributed by atoms with Crippen LogP contribution in [0.15, 0.2) is 48.5 Å². The number of amides is 1. The first-order valence-electron chi connectivity index (χ1n) is 6.43. The average Bonchev–Trinajstić information content (AvgIpc) is 2.54. The van der Waals surface area contributed by atoms with E-state index in [2.05, 4.69) is 5.32 Å². The number of nitrogens with two attached hydrogens (primary N) is 1. The molecule has 0 heterocycles. The molecule has 5 nitrogen and oxygen atoms in total. The third kappa shape index (κ3) is 4.31. The molecule has 0 aliphatic carbocycles. The van der Waals surface area contributed by atoms with E-state index in [0.29, 0.717) is 11.3 Å². The van der Waals surface area contributed by atoms with Gasteiger partial charge in [0.2, 0.25) is 5.91 Å². The van der Waals surface area contributed by atoms with Crippen molar-refractivity contribution in [1.29, 1.82) is 0 Å². The number of methoxy groups -OCH3 is 1. The monoisotopic (exact) mass is 320 g/mol. The lowest BCUT2D eigenvalue weighted by molar-refractivity contribution is -0.114. The molecule has 0 aromatic heterocycles. The number of nitrogens with one attached hydrogen (secondary N) is 1. The zero-order chi connectivity index (χ0) is 15.2. The van der Waals surface area contributed by atoms with Crippen molar-refractivity contribution in [3.63, 3.8) is 0 Å². The number of benzene rings is 2. The van der Waals surface area contributed by atoms with E-state index < -0.39 is 0 Å². The van der Waals surface area contributed by atoms with Gasteiger partial charge in [0.05, 0.1) is 19.2 Å². The molecule has 0 radical (unpaired) electrons. The highest BCUT2D eigenvalue weighted by Gasteiger charge is 2.07. The summed E-state index contributed by atoms with van der Waals surface area (Å²) in [6, 6.07) is 14.4. The Morgan fingerprint density at radius 1 is 1.09 bits per heavy atom. The minimum atomic E-state index is -0.385. The van der Waals surface area contributed by atoms with Gasteiger partial charge in [0.1, 0.15) is 0 Å². The number of carbonyl (C=O) groups is 2. The summed E-state index contributed by atoms with van der Waals surface area (Å²) in [6.07, 6.45) is 0. The third-order valence-electron chi connectivity index (χ3n) is 2.95. The van der Waals surface area contributed by atoms with Gasteiger partial charge in [0.25, 0.3) is 0 Å². The van der Waals surface area contributed by atoms with Crippen molar-refractivity contribution in [3.8, 4) is 11.1 Å². The van der Waals surface area contributed by atoms with E-state index in [1.165, 1.54) is 7.11 Å². The largest absolute Gasteiger partial charge is 0.465 e. The predicted molar refractivity (Wildman–Crippen MR) is 88.1 cm³/mol. The van der Waals surface area contributed by atoms with Crippen LogP contribution in [0.2, 0.25) is 0 Å². The zero-order valence-corrected chi connectivity index (χ0v) is 12.9. The molecule has 0 aliphatic heterocycles. The molecule has 3 N–H and O–H groups in total. The number of ether oxygens (including phenoxy) is 1. The van der Waals surface area contributed by atoms with Gasteiger partial charge in [-0.3, -0.25) is 4.79 Å². The molecule has 2 aromatic rings. The van der Waals surface area contributed by atoms with Gasteiger partial charge in [-0.15, -0.1) is 12.4 Å². The topological polar surface area (TPSA) is 81.4 Å². The van der Waals surface area contributed by atoms with Gasteiger partial charge in [-0.05, 0) is 35.4 Å². The van der Waals surface area contributed by atoms with E-state index in [4.69, 9.17) is 10.5 Å². The summed E-state index contributed by atoms with van der Waals surface area (Å²) < 4.78 is 4.71. The van der Waals surface area contributed by atoms with Crippen molar-refractivity contribution in [2.24, 2.45) is 5.73 Å². The van der Waals surface area contributed by atoms with Crippen molar-refractivity contribution in [2.75, 3.05) is 19.0 Å². The van der Waals surface area contributed by atoms with Crippen LogP contribution in [0.1, 0.15) is 10.4 Å². The van der Waals surface area contributed by atoms with Crippen LogP contribution < -0.4 is 11.1 Å². The van der Waals surface area contributed by atoms with E-state index in [1.54, 1.807) is 24.3 Å². The summed E-state index contributed by atoms with van der Waals surface area (Å²) in [5.41, 5.74) is 8.16. The van der Waals surface area contributed by atoms with Crippen LogP contribution in [0.5, 0.6) is 0 Å². The van der Waals surface area contributed by atoms with Crippen LogP contribution in [0.25, 0.3) is 11.1 Å². The van der Waals surface area contributed by atoms with Crippen molar-refractivity contribution < 1.29 is 14.3 Å². The highest BCUT2D eigenvalue weighted by Crippen LogP contribution is 2.23. The molecule has 22 heavy (non-hydrogen) atoms. The first kappa shape index (κ1) is 17.7. The number of anilines is 1. The van der Waals surface area contributed by atoms with Crippen molar-refractivity contribution >= 4 is 30.0 Å². The summed E-state index contributed by atoms with van der Waals surface area (Å²) in [5.74, 6) is -0.639. The lowest BCUT2D eigenvalue weighted by Gasteiger charge is -2.08. The van der Waals surface area contributed by atoms with Crippen LogP contribution in [0.3, 0.4) is 0 Å². The maximum atomic E-state index is 11.6. The Hall–Kier alpha value is -2.37. The summed E-state index contributed by atoms with van der Waals surface area (Å²) >= 11 is 0. The molecule has 2 aromatic carbocycles. The molecule has 0 unspecified atom stereocenters. The minimum Gasteiger partial charge on any atom is -0.465 e. The highest BCUT2D eigenvalue weighted by molar-refractivity contribution is 5.93. The molecule has 1 amide bonds. The molecule has 0 saturated carbocycles. The second-order valence-corrected chi connectivity index (χ2v) is 4.41. The van der Waals surface area contributed by atoms with Gasteiger partial charge in [0, 0.05) is 5.69 Å². The summed E-state index contributed by atoms with van der Waals surface area (Å²) in [5, 5.41) is 2.69. The second-order valence-electron chi connectivity index (χ2n) is 4.41. The Morgan fingerprint density at radius 3 is 2.36 bits per heavy atom. The SMILES string of the molecule is COC(=O)c1cccc(-c2cccc(NC(=O)CN)c2)c1.Cl. The zero-order valence-electron chi connectivity index (χ0n) is 12.0. The standard InChI is InChI=1S/C16H16N2O3.ClH/c1-21-16(20)13-6-2-4-11(8-13)12-5-3-7-14(9-12)18-15(19)10-17;/h2-9H,10,17H2,1H3,(H,18,19);1H. The highest BCUT2D eigenvalue weighted by atomic mass is 35.5. The quantitative estimate of drug-likeness (QED) is 0.848. The Kier molecular flexibility index (Phi) is 6.56. The lowest BCUT2D eigenvalue weighted by Crippen LogP contribution is -2.21. The van der Waals surface area contributed by atoms with Crippen LogP contribution in [0.4, 0.5) is 5.69 Å². The molecule has 116 valence electrons. The maximum absolute atomic E-state index is 11.6. The van der Waals surface area contributed by atoms with E-state index >= 15 is 0 Å². The number of halogens is 1. The number of rotatable bonds is 4. The van der Waals surface area contributed by atoms with E-state index in [9.17, 15) is 9.59 Å². The maximum Gasteiger partial charge on any atom is 0.337 e. The molecular formula is C16H17ClN2O3. The Balaban J connectivity index is 0.00000242. The van der Waals surface area contributed by atoms with Crippen molar-refractivity contribution in [1.82, 2.24) is 0 Å². The van der Waals surface area contributed by atoms with Crippen molar-refractivity contribution in [2.45, 2.75) is 0 Å². The fraction of sp³-hybridized carbons (Fsp3) is 0.125. The molecule has 0 bridgehead atoms. The molecule has 0 atom stereocenters. The number of carbonyl (C=O) groups excluding carboxylic acids is 2. The Bertz CT molecular complexity index is 674. The summed E-state index contributed by atoms with van der Waals surface area (Å²) in [4.78, 5) is 22.9. The third-order valence-corrected chi connectivity index (χ3v) is 2.95. The molecule has 6 heteroatoms. The smallest absolute Gasteiger partial charge is 0.337 e. The normalized spacial score (nSPS) is 9.55. The molecule has 0 saturated heterocycles. The predicted octanol–water partition coefficient (Wildman–Crippen LogP) is 2.46. The first-order chi connectivity index (χ1) is 10.1. The minimum absolute atomic E-state index is 0. The Labute approximate surface area is 134 Å². The van der Waals surface area contributed by atoms with Gasteiger partial charge >= 0.3 is 5.97 Å². The fourth-order valence-electron chi connectivity index (χ4n) is 1.93. The summed E-state index contributed by atoms with van der Waals surface area (Å²) in [7, 11) is 1.35. The fourth-order valence-corrected chi connectivity index (χ4v) is 1.93. The number of hydrogen-bond acceptors (Lipinski definition) is 4. The molecule has 0 aliphatic rings. The van der Waals surface area contributed by atoms with E-state index in [-0.39, 0.29) is 30.8 Å². The van der Waals surface area contributed by atoms with Gasteiger partial charge < -0.3 is 15.8 Å². The van der Waals surface area contributed by atoms with Crippen molar-refractivity contribution in [3.05, 3.63) is 54.1 Å². The second kappa shape index (κ2) is 8.17. The average molecular weight is 321 g/mol. The van der Waals surface area contributed by atoms with E-state index in [1.807, 2.05) is 24.3 Å². The summed E-state index contributed by atoms with van der Waals surface area (Å²) in [6.45, 7) is -0.0674. The molecule has 0 fully saturated rings. The van der Waals surface area contributed by atoms with Crippen LogP contribution in [-0.4, -0.2) is 25.5 Å². The van der Waals surface area contributed by atoms with Gasteiger partial charge in [-0.1, -0.05) is 24.3 Å².